The van der Waals surface area contributed by atoms with Crippen molar-refractivity contribution in [2.75, 3.05) is 0 Å². The number of halogens is 3. The lowest BCUT2D eigenvalue weighted by Crippen LogP contribution is -2.41. The molecular formula is C23H36BF3O3. The minimum Gasteiger partial charge on any atom is -0.399 e. The molecule has 0 amide bonds. The van der Waals surface area contributed by atoms with Crippen molar-refractivity contribution in [3.05, 3.63) is 29.8 Å². The summed E-state index contributed by atoms with van der Waals surface area (Å²) in [6.07, 6.45) is -3.61. The summed E-state index contributed by atoms with van der Waals surface area (Å²) < 4.78 is 46.7. The van der Waals surface area contributed by atoms with Gasteiger partial charge in [0.15, 0.2) is 0 Å². The van der Waals surface area contributed by atoms with E-state index in [9.17, 15) is 18.0 Å². The predicted octanol–water partition coefficient (Wildman–Crippen LogP) is 5.74. The minimum absolute atomic E-state index is 0.140. The predicted molar refractivity (Wildman–Crippen MR) is 116 cm³/mol. The highest BCUT2D eigenvalue weighted by atomic mass is 19.4. The second kappa shape index (κ2) is 10.3. The number of rotatable bonds is 6. The van der Waals surface area contributed by atoms with Crippen LogP contribution in [-0.2, 0) is 20.5 Å². The number of carbonyl (C=O) groups excluding carboxylic acids is 1. The zero-order valence-corrected chi connectivity index (χ0v) is 19.5. The van der Waals surface area contributed by atoms with Gasteiger partial charge in [-0.1, -0.05) is 52.0 Å². The average molecular weight is 428 g/mol. The van der Waals surface area contributed by atoms with Crippen molar-refractivity contribution in [1.82, 2.24) is 0 Å². The van der Waals surface area contributed by atoms with Gasteiger partial charge in [-0.15, -0.1) is 0 Å². The third-order valence-electron chi connectivity index (χ3n) is 5.41. The molecule has 30 heavy (non-hydrogen) atoms. The van der Waals surface area contributed by atoms with Crippen LogP contribution in [0.3, 0.4) is 0 Å². The maximum Gasteiger partial charge on any atom is 0.494 e. The standard InChI is InChI=1S/C16H25BO2.C7H11F3O/c1-12(2)11-13-7-9-14(10-8-13)17-18-15(3,4)16(5,6)19-17;1-5(2)3-4-6(11)7(8,9)10/h7-10,12H,11H2,1-6H3;5H,3-4H2,1-2H3. The van der Waals surface area contributed by atoms with E-state index in [0.717, 1.165) is 11.9 Å². The van der Waals surface area contributed by atoms with Crippen LogP contribution >= 0.6 is 0 Å². The lowest BCUT2D eigenvalue weighted by molar-refractivity contribution is -0.171. The molecule has 0 N–H and O–H groups in total. The Balaban J connectivity index is 0.000000352. The van der Waals surface area contributed by atoms with Gasteiger partial charge in [0.05, 0.1) is 11.2 Å². The number of ketones is 1. The van der Waals surface area contributed by atoms with Crippen LogP contribution < -0.4 is 5.46 Å². The zero-order valence-electron chi connectivity index (χ0n) is 19.5. The molecule has 2 rings (SSSR count). The van der Waals surface area contributed by atoms with Crippen LogP contribution in [0.2, 0.25) is 0 Å². The molecule has 1 fully saturated rings. The lowest BCUT2D eigenvalue weighted by Gasteiger charge is -2.32. The van der Waals surface area contributed by atoms with Crippen molar-refractivity contribution in [2.24, 2.45) is 11.8 Å². The van der Waals surface area contributed by atoms with Crippen molar-refractivity contribution in [1.29, 1.82) is 0 Å². The zero-order chi connectivity index (χ0) is 23.3. The van der Waals surface area contributed by atoms with E-state index in [1.54, 1.807) is 13.8 Å². The molecule has 0 atom stereocenters. The Kier molecular flexibility index (Phi) is 9.18. The number of alkyl halides is 3. The van der Waals surface area contributed by atoms with Gasteiger partial charge in [0, 0.05) is 6.42 Å². The minimum atomic E-state index is -4.64. The summed E-state index contributed by atoms with van der Waals surface area (Å²) in [6.45, 7) is 16.4. The maximum absolute atomic E-state index is 11.6. The fourth-order valence-electron chi connectivity index (χ4n) is 2.82. The van der Waals surface area contributed by atoms with E-state index in [2.05, 4.69) is 65.8 Å². The van der Waals surface area contributed by atoms with Crippen LogP contribution in [0.5, 0.6) is 0 Å². The van der Waals surface area contributed by atoms with Gasteiger partial charge >= 0.3 is 13.3 Å². The molecule has 0 radical (unpaired) electrons. The molecule has 7 heteroatoms. The molecule has 1 aliphatic rings. The first-order valence-electron chi connectivity index (χ1n) is 10.6. The molecule has 1 saturated heterocycles. The van der Waals surface area contributed by atoms with Crippen molar-refractivity contribution in [3.63, 3.8) is 0 Å². The van der Waals surface area contributed by atoms with Crippen LogP contribution in [0.15, 0.2) is 24.3 Å². The van der Waals surface area contributed by atoms with E-state index in [1.807, 2.05) is 0 Å². The second-order valence-corrected chi connectivity index (χ2v) is 9.78. The Bertz CT molecular complexity index is 664. The topological polar surface area (TPSA) is 35.5 Å². The van der Waals surface area contributed by atoms with E-state index in [-0.39, 0.29) is 30.7 Å². The highest BCUT2D eigenvalue weighted by Crippen LogP contribution is 2.36. The lowest BCUT2D eigenvalue weighted by atomic mass is 9.78. The quantitative estimate of drug-likeness (QED) is 0.543. The molecule has 170 valence electrons. The third kappa shape index (κ3) is 8.07. The fourth-order valence-corrected chi connectivity index (χ4v) is 2.82. The van der Waals surface area contributed by atoms with Gasteiger partial charge in [-0.25, -0.2) is 0 Å². The number of hydrogen-bond acceptors (Lipinski definition) is 3. The smallest absolute Gasteiger partial charge is 0.399 e. The summed E-state index contributed by atoms with van der Waals surface area (Å²) in [5, 5.41) is 0. The van der Waals surface area contributed by atoms with Crippen molar-refractivity contribution < 1.29 is 27.3 Å². The van der Waals surface area contributed by atoms with Crippen LogP contribution in [0.4, 0.5) is 13.2 Å². The molecule has 0 unspecified atom stereocenters. The summed E-state index contributed by atoms with van der Waals surface area (Å²) in [5.74, 6) is -0.796. The summed E-state index contributed by atoms with van der Waals surface area (Å²) in [7, 11) is -0.252. The number of Topliss-reactive ketones (excluding diaryl/α,β-unsaturated/α-hetero) is 1. The molecule has 0 aromatic heterocycles. The third-order valence-corrected chi connectivity index (χ3v) is 5.41. The van der Waals surface area contributed by atoms with Crippen LogP contribution in [0.25, 0.3) is 0 Å². The number of benzene rings is 1. The molecule has 1 aromatic rings. The summed E-state index contributed by atoms with van der Waals surface area (Å²) in [5.41, 5.74) is 1.93. The highest BCUT2D eigenvalue weighted by Gasteiger charge is 2.51. The van der Waals surface area contributed by atoms with E-state index in [4.69, 9.17) is 9.31 Å². The van der Waals surface area contributed by atoms with Gasteiger partial charge < -0.3 is 9.31 Å². The Morgan fingerprint density at radius 2 is 1.40 bits per heavy atom. The first-order valence-corrected chi connectivity index (χ1v) is 10.6. The van der Waals surface area contributed by atoms with Crippen LogP contribution in [0.1, 0.15) is 73.8 Å². The number of carbonyl (C=O) groups is 1. The van der Waals surface area contributed by atoms with Crippen molar-refractivity contribution in [2.45, 2.75) is 92.0 Å². The van der Waals surface area contributed by atoms with E-state index in [1.165, 1.54) is 5.56 Å². The molecule has 3 nitrogen and oxygen atoms in total. The van der Waals surface area contributed by atoms with Gasteiger partial charge in [-0.3, -0.25) is 4.79 Å². The number of hydrogen-bond donors (Lipinski definition) is 0. The Morgan fingerprint density at radius 3 is 1.77 bits per heavy atom. The maximum atomic E-state index is 11.6. The fraction of sp³-hybridized carbons (Fsp3) is 0.696. The molecule has 1 heterocycles. The normalized spacial score (nSPS) is 17.8. The van der Waals surface area contributed by atoms with Gasteiger partial charge in [0.1, 0.15) is 0 Å². The Hall–Kier alpha value is -1.34. The van der Waals surface area contributed by atoms with Crippen LogP contribution in [0, 0.1) is 11.8 Å². The van der Waals surface area contributed by atoms with Crippen LogP contribution in [-0.4, -0.2) is 30.3 Å². The summed E-state index contributed by atoms with van der Waals surface area (Å²) >= 11 is 0. The second-order valence-electron chi connectivity index (χ2n) is 9.78. The first-order chi connectivity index (χ1) is 13.5. The molecular weight excluding hydrogens is 392 g/mol. The van der Waals surface area contributed by atoms with Gasteiger partial charge in [-0.2, -0.15) is 13.2 Å². The van der Waals surface area contributed by atoms with Crippen molar-refractivity contribution >= 4 is 18.4 Å². The van der Waals surface area contributed by atoms with Gasteiger partial charge in [-0.05, 0) is 63.4 Å². The molecule has 0 aliphatic carbocycles. The van der Waals surface area contributed by atoms with Gasteiger partial charge in [0.2, 0.25) is 5.78 Å². The Labute approximate surface area is 179 Å². The van der Waals surface area contributed by atoms with Gasteiger partial charge in [0.25, 0.3) is 0 Å². The first kappa shape index (κ1) is 26.7. The highest BCUT2D eigenvalue weighted by molar-refractivity contribution is 6.62. The molecule has 0 saturated carbocycles. The van der Waals surface area contributed by atoms with E-state index >= 15 is 0 Å². The molecule has 0 spiro atoms. The van der Waals surface area contributed by atoms with E-state index < -0.39 is 12.0 Å². The SMILES string of the molecule is CC(C)CCC(=O)C(F)(F)F.CC(C)Cc1ccc(B2OC(C)(C)C(C)(C)O2)cc1. The monoisotopic (exact) mass is 428 g/mol. The molecule has 1 aromatic carbocycles. The Morgan fingerprint density at radius 1 is 0.933 bits per heavy atom. The molecule has 1 aliphatic heterocycles. The largest absolute Gasteiger partial charge is 0.494 e. The van der Waals surface area contributed by atoms with Crippen molar-refractivity contribution in [3.8, 4) is 0 Å². The molecule has 0 bridgehead atoms. The summed E-state index contributed by atoms with van der Waals surface area (Å²) in [6, 6.07) is 8.61. The summed E-state index contributed by atoms with van der Waals surface area (Å²) in [4.78, 5) is 10.2. The average Bonchev–Trinajstić information content (AvgIpc) is 2.80. The van der Waals surface area contributed by atoms with E-state index in [0.29, 0.717) is 12.3 Å².